The number of benzene rings is 2. The van der Waals surface area contributed by atoms with E-state index in [1.807, 2.05) is 0 Å². The topological polar surface area (TPSA) is 0 Å². The maximum absolute atomic E-state index is 3.51. The fourth-order valence-corrected chi connectivity index (χ4v) is 4.14. The second-order valence-electron chi connectivity index (χ2n) is 5.32. The normalized spacial score (nSPS) is 10.1. The number of unbranched alkanes of at least 4 members (excludes halogenated alkanes) is 4. The van der Waals surface area contributed by atoms with Crippen LogP contribution in [0.15, 0.2) is 86.5 Å². The summed E-state index contributed by atoms with van der Waals surface area (Å²) >= 11 is 3.58. The van der Waals surface area contributed by atoms with Crippen molar-refractivity contribution in [1.29, 1.82) is 0 Å². The highest BCUT2D eigenvalue weighted by molar-refractivity contribution is 8.22. The molecule has 0 atom stereocenters. The molecule has 0 saturated heterocycles. The zero-order valence-corrected chi connectivity index (χ0v) is 15.3. The number of rotatable bonds is 9. The summed E-state index contributed by atoms with van der Waals surface area (Å²) in [5, 5.41) is 0. The van der Waals surface area contributed by atoms with Gasteiger partial charge in [-0.25, -0.2) is 0 Å². The lowest BCUT2D eigenvalue weighted by molar-refractivity contribution is 0.675. The second-order valence-corrected chi connectivity index (χ2v) is 7.74. The molecular weight excluding hydrogens is 316 g/mol. The second kappa shape index (κ2) is 11.2. The summed E-state index contributed by atoms with van der Waals surface area (Å²) in [6, 6.07) is 21.1. The molecule has 0 spiro atoms. The fourth-order valence-electron chi connectivity index (χ4n) is 2.10. The Morgan fingerprint density at radius 2 is 1.39 bits per heavy atom. The minimum absolute atomic E-state index is 1.12. The maximum atomic E-state index is 3.51. The van der Waals surface area contributed by atoms with Crippen molar-refractivity contribution in [1.82, 2.24) is 0 Å². The van der Waals surface area contributed by atoms with Crippen molar-refractivity contribution in [2.24, 2.45) is 0 Å². The van der Waals surface area contributed by atoms with Crippen molar-refractivity contribution in [3.05, 3.63) is 76.7 Å². The highest BCUT2D eigenvalue weighted by Gasteiger charge is 2.02. The number of allylic oxidation sites excluding steroid dienone is 1. The predicted octanol–water partition coefficient (Wildman–Crippen LogP) is 7.54. The van der Waals surface area contributed by atoms with Gasteiger partial charge in [-0.2, -0.15) is 0 Å². The largest absolute Gasteiger partial charge is 0.103 e. The van der Waals surface area contributed by atoms with Crippen molar-refractivity contribution >= 4 is 23.5 Å². The van der Waals surface area contributed by atoms with Gasteiger partial charge in [-0.15, -0.1) is 5.73 Å². The molecule has 0 N–H and O–H groups in total. The van der Waals surface area contributed by atoms with Gasteiger partial charge in [0.2, 0.25) is 0 Å². The van der Waals surface area contributed by atoms with Crippen molar-refractivity contribution in [2.45, 2.75) is 48.8 Å². The van der Waals surface area contributed by atoms with Gasteiger partial charge in [-0.3, -0.25) is 0 Å². The van der Waals surface area contributed by atoms with E-state index in [4.69, 9.17) is 0 Å². The summed E-state index contributed by atoms with van der Waals surface area (Å²) in [5.41, 5.74) is 3.51. The maximum Gasteiger partial charge on any atom is 0.0918 e. The Balaban J connectivity index is 2.02. The van der Waals surface area contributed by atoms with E-state index in [1.165, 1.54) is 39.7 Å². The van der Waals surface area contributed by atoms with Crippen LogP contribution in [0.2, 0.25) is 0 Å². The summed E-state index contributed by atoms with van der Waals surface area (Å²) in [4.78, 5) is 2.52. The number of thioether (sulfide) groups is 2. The monoisotopic (exact) mass is 340 g/mol. The first-order valence-electron chi connectivity index (χ1n) is 8.29. The van der Waals surface area contributed by atoms with Crippen LogP contribution in [0.5, 0.6) is 0 Å². The molecule has 2 aromatic rings. The molecule has 0 fully saturated rings. The van der Waals surface area contributed by atoms with Crippen LogP contribution in [-0.4, -0.2) is 0 Å². The van der Waals surface area contributed by atoms with E-state index in [0.717, 1.165) is 6.42 Å². The van der Waals surface area contributed by atoms with Crippen LogP contribution in [0.3, 0.4) is 0 Å². The van der Waals surface area contributed by atoms with Crippen molar-refractivity contribution in [3.8, 4) is 0 Å². The third-order valence-electron chi connectivity index (χ3n) is 3.33. The van der Waals surface area contributed by atoms with E-state index in [-0.39, 0.29) is 0 Å². The first-order valence-corrected chi connectivity index (χ1v) is 9.92. The lowest BCUT2D eigenvalue weighted by Crippen LogP contribution is -1.75. The van der Waals surface area contributed by atoms with Gasteiger partial charge in [0, 0.05) is 9.79 Å². The Labute approximate surface area is 149 Å². The molecule has 0 aliphatic heterocycles. The smallest absolute Gasteiger partial charge is 0.0918 e. The molecule has 0 aliphatic carbocycles. The van der Waals surface area contributed by atoms with Gasteiger partial charge in [0.05, 0.1) is 4.24 Å². The lowest BCUT2D eigenvalue weighted by Gasteiger charge is -2.04. The standard InChI is InChI=1S/C21H24S2/c1-2-3-4-5-6-13-18-21(22-19-14-9-7-10-15-19)23-20-16-11-8-12-17-20/h7-17H,2-6H2,1H3. The van der Waals surface area contributed by atoms with Gasteiger partial charge in [-0.05, 0) is 43.2 Å². The Morgan fingerprint density at radius 1 is 0.826 bits per heavy atom. The Kier molecular flexibility index (Phi) is 8.80. The van der Waals surface area contributed by atoms with Crippen LogP contribution in [0.4, 0.5) is 0 Å². The fraction of sp³-hybridized carbons (Fsp3) is 0.286. The molecule has 0 aromatic heterocycles. The molecule has 2 rings (SSSR count). The summed E-state index contributed by atoms with van der Waals surface area (Å²) in [6.45, 7) is 2.25. The SMILES string of the molecule is CCCCCCC=C=C(Sc1ccccc1)Sc1ccccc1. The molecule has 0 nitrogen and oxygen atoms in total. The highest BCUT2D eigenvalue weighted by Crippen LogP contribution is 2.38. The van der Waals surface area contributed by atoms with E-state index in [0.29, 0.717) is 0 Å². The molecule has 0 amide bonds. The van der Waals surface area contributed by atoms with Gasteiger partial charge < -0.3 is 0 Å². The van der Waals surface area contributed by atoms with E-state index < -0.39 is 0 Å². The summed E-state index contributed by atoms with van der Waals surface area (Å²) in [6.07, 6.45) is 8.54. The molecule has 0 heterocycles. The molecule has 0 saturated carbocycles. The molecule has 0 radical (unpaired) electrons. The number of hydrogen-bond donors (Lipinski definition) is 0. The molecule has 2 aromatic carbocycles. The van der Waals surface area contributed by atoms with E-state index in [9.17, 15) is 0 Å². The average Bonchev–Trinajstić information content (AvgIpc) is 2.60. The highest BCUT2D eigenvalue weighted by atomic mass is 32.2. The summed E-state index contributed by atoms with van der Waals surface area (Å²) in [7, 11) is 0. The minimum Gasteiger partial charge on any atom is -0.103 e. The molecule has 23 heavy (non-hydrogen) atoms. The molecule has 0 unspecified atom stereocenters. The molecular formula is C21H24S2. The Morgan fingerprint density at radius 3 is 1.91 bits per heavy atom. The van der Waals surface area contributed by atoms with E-state index >= 15 is 0 Å². The quantitative estimate of drug-likeness (QED) is 0.263. The van der Waals surface area contributed by atoms with E-state index in [1.54, 1.807) is 23.5 Å². The van der Waals surface area contributed by atoms with Crippen LogP contribution < -0.4 is 0 Å². The van der Waals surface area contributed by atoms with Crippen LogP contribution in [-0.2, 0) is 0 Å². The van der Waals surface area contributed by atoms with Crippen LogP contribution in [0.1, 0.15) is 39.0 Å². The first kappa shape index (κ1) is 18.0. The molecule has 0 aliphatic rings. The van der Waals surface area contributed by atoms with Gasteiger partial charge in [0.1, 0.15) is 0 Å². The Bertz CT molecular complexity index is 567. The van der Waals surface area contributed by atoms with Crippen molar-refractivity contribution < 1.29 is 0 Å². The zero-order valence-electron chi connectivity index (χ0n) is 13.7. The van der Waals surface area contributed by atoms with Gasteiger partial charge >= 0.3 is 0 Å². The van der Waals surface area contributed by atoms with Gasteiger partial charge in [0.25, 0.3) is 0 Å². The average molecular weight is 341 g/mol. The van der Waals surface area contributed by atoms with Crippen molar-refractivity contribution in [3.63, 3.8) is 0 Å². The summed E-state index contributed by atoms with van der Waals surface area (Å²) < 4.78 is 1.21. The molecule has 120 valence electrons. The molecule has 2 heteroatoms. The third kappa shape index (κ3) is 7.65. The van der Waals surface area contributed by atoms with Crippen molar-refractivity contribution in [2.75, 3.05) is 0 Å². The number of hydrogen-bond acceptors (Lipinski definition) is 2. The third-order valence-corrected chi connectivity index (χ3v) is 5.45. The lowest BCUT2D eigenvalue weighted by atomic mass is 10.1. The van der Waals surface area contributed by atoms with Crippen LogP contribution in [0.25, 0.3) is 0 Å². The predicted molar refractivity (Wildman–Crippen MR) is 105 cm³/mol. The molecule has 0 bridgehead atoms. The Hall–Kier alpha value is -1.34. The first-order chi connectivity index (χ1) is 11.4. The van der Waals surface area contributed by atoms with Crippen LogP contribution in [0, 0.1) is 0 Å². The van der Waals surface area contributed by atoms with E-state index in [2.05, 4.69) is 79.4 Å². The van der Waals surface area contributed by atoms with Crippen LogP contribution >= 0.6 is 23.5 Å². The summed E-state index contributed by atoms with van der Waals surface area (Å²) in [5.74, 6) is 0. The van der Waals surface area contributed by atoms with Gasteiger partial charge in [-0.1, -0.05) is 86.1 Å². The zero-order chi connectivity index (χ0) is 16.2. The van der Waals surface area contributed by atoms with Gasteiger partial charge in [0.15, 0.2) is 0 Å². The minimum atomic E-state index is 1.12.